The fourth-order valence-corrected chi connectivity index (χ4v) is 2.98. The molecule has 0 fully saturated rings. The highest BCUT2D eigenvalue weighted by Crippen LogP contribution is 2.40. The minimum atomic E-state index is 0.719. The van der Waals surface area contributed by atoms with E-state index in [4.69, 9.17) is 9.73 Å². The zero-order chi connectivity index (χ0) is 13.5. The van der Waals surface area contributed by atoms with Crippen LogP contribution in [0.3, 0.4) is 0 Å². The third kappa shape index (κ3) is 1.63. The molecule has 0 bridgehead atoms. The summed E-state index contributed by atoms with van der Waals surface area (Å²) in [4.78, 5) is 7.12. The van der Waals surface area contributed by atoms with Gasteiger partial charge in [0.25, 0.3) is 0 Å². The number of benzene rings is 1. The van der Waals surface area contributed by atoms with Crippen molar-refractivity contribution in [2.24, 2.45) is 4.99 Å². The Balaban J connectivity index is 1.76. The third-order valence-corrected chi connectivity index (χ3v) is 3.88. The van der Waals surface area contributed by atoms with Gasteiger partial charge in [0.15, 0.2) is 0 Å². The minimum Gasteiger partial charge on any atom is -0.496 e. The first-order valence-corrected chi connectivity index (χ1v) is 7.04. The van der Waals surface area contributed by atoms with Gasteiger partial charge in [-0.25, -0.2) is 4.99 Å². The van der Waals surface area contributed by atoms with Crippen molar-refractivity contribution in [3.8, 4) is 0 Å². The molecule has 3 aliphatic rings. The molecule has 0 saturated heterocycles. The average molecular weight is 264 g/mol. The first-order chi connectivity index (χ1) is 9.86. The Morgan fingerprint density at radius 3 is 3.05 bits per heavy atom. The molecule has 0 unspecified atom stereocenters. The molecule has 1 aromatic rings. The normalized spacial score (nSPS) is 19.1. The van der Waals surface area contributed by atoms with Crippen LogP contribution >= 0.6 is 0 Å². The van der Waals surface area contributed by atoms with E-state index in [1.807, 2.05) is 13.0 Å². The summed E-state index contributed by atoms with van der Waals surface area (Å²) in [5, 5.41) is 0. The standard InChI is InChI=1S/C17H16N2O/c1-2-20-12-7-8-16-17-14(9-10-19(16)11-12)13-5-3-4-6-15(13)18-17/h3-9H,2,10-11H2,1H3. The predicted molar refractivity (Wildman–Crippen MR) is 80.9 cm³/mol. The summed E-state index contributed by atoms with van der Waals surface area (Å²) in [5.74, 6) is 1.03. The Kier molecular flexibility index (Phi) is 2.52. The molecule has 4 rings (SSSR count). The summed E-state index contributed by atoms with van der Waals surface area (Å²) in [7, 11) is 0. The highest BCUT2D eigenvalue weighted by molar-refractivity contribution is 6.36. The van der Waals surface area contributed by atoms with Crippen LogP contribution in [-0.4, -0.2) is 30.3 Å². The lowest BCUT2D eigenvalue weighted by molar-refractivity contribution is 0.197. The number of fused-ring (bicyclic) bond motifs is 5. The number of hydrogen-bond acceptors (Lipinski definition) is 3. The second-order valence-electron chi connectivity index (χ2n) is 5.09. The number of hydrogen-bond donors (Lipinski definition) is 0. The van der Waals surface area contributed by atoms with E-state index in [0.717, 1.165) is 36.9 Å². The van der Waals surface area contributed by atoms with Gasteiger partial charge in [-0.1, -0.05) is 24.3 Å². The van der Waals surface area contributed by atoms with Gasteiger partial charge in [-0.2, -0.15) is 0 Å². The molecule has 1 aromatic carbocycles. The Morgan fingerprint density at radius 2 is 2.15 bits per heavy atom. The van der Waals surface area contributed by atoms with E-state index in [1.165, 1.54) is 16.8 Å². The second kappa shape index (κ2) is 4.37. The molecule has 3 heteroatoms. The third-order valence-electron chi connectivity index (χ3n) is 3.88. The van der Waals surface area contributed by atoms with E-state index in [0.29, 0.717) is 0 Å². The van der Waals surface area contributed by atoms with Crippen LogP contribution in [0.15, 0.2) is 58.9 Å². The fraction of sp³-hybridized carbons (Fsp3) is 0.235. The van der Waals surface area contributed by atoms with Crippen molar-refractivity contribution in [3.05, 3.63) is 59.5 Å². The highest BCUT2D eigenvalue weighted by Gasteiger charge is 2.31. The molecule has 3 nitrogen and oxygen atoms in total. The molecule has 3 heterocycles. The van der Waals surface area contributed by atoms with Gasteiger partial charge in [-0.3, -0.25) is 0 Å². The maximum Gasteiger partial charge on any atom is 0.115 e. The van der Waals surface area contributed by atoms with Crippen molar-refractivity contribution in [2.45, 2.75) is 6.92 Å². The average Bonchev–Trinajstić information content (AvgIpc) is 2.86. The van der Waals surface area contributed by atoms with Crippen LogP contribution in [0.1, 0.15) is 12.5 Å². The van der Waals surface area contributed by atoms with Crippen LogP contribution in [0, 0.1) is 0 Å². The quantitative estimate of drug-likeness (QED) is 0.818. The molecule has 0 aromatic heterocycles. The Labute approximate surface area is 118 Å². The van der Waals surface area contributed by atoms with Crippen molar-refractivity contribution in [1.29, 1.82) is 0 Å². The summed E-state index contributed by atoms with van der Waals surface area (Å²) >= 11 is 0. The maximum absolute atomic E-state index is 5.62. The van der Waals surface area contributed by atoms with Gasteiger partial charge in [0.1, 0.15) is 5.76 Å². The van der Waals surface area contributed by atoms with Crippen LogP contribution in [0.5, 0.6) is 0 Å². The van der Waals surface area contributed by atoms with E-state index in [-0.39, 0.29) is 0 Å². The van der Waals surface area contributed by atoms with Gasteiger partial charge in [0.2, 0.25) is 0 Å². The van der Waals surface area contributed by atoms with Gasteiger partial charge in [0, 0.05) is 17.7 Å². The number of ether oxygens (including phenoxy) is 1. The molecule has 0 aliphatic carbocycles. The van der Waals surface area contributed by atoms with E-state index >= 15 is 0 Å². The van der Waals surface area contributed by atoms with Gasteiger partial charge >= 0.3 is 0 Å². The number of rotatable bonds is 2. The largest absolute Gasteiger partial charge is 0.496 e. The SMILES string of the molecule is CCOC1=CC=C2C3=Nc4ccccc4C3=CCN2C1. The highest BCUT2D eigenvalue weighted by atomic mass is 16.5. The molecule has 0 N–H and O–H groups in total. The number of nitrogens with zero attached hydrogens (tertiary/aromatic N) is 2. The number of aliphatic imine (C=N–C) groups is 1. The smallest absolute Gasteiger partial charge is 0.115 e. The fourth-order valence-electron chi connectivity index (χ4n) is 2.98. The van der Waals surface area contributed by atoms with Crippen LogP contribution in [-0.2, 0) is 4.74 Å². The zero-order valence-electron chi connectivity index (χ0n) is 11.5. The lowest BCUT2D eigenvalue weighted by Crippen LogP contribution is -2.35. The molecule has 0 radical (unpaired) electrons. The summed E-state index contributed by atoms with van der Waals surface area (Å²) in [6.07, 6.45) is 6.48. The lowest BCUT2D eigenvalue weighted by atomic mass is 9.95. The van der Waals surface area contributed by atoms with Gasteiger partial charge in [0.05, 0.1) is 30.2 Å². The molecule has 20 heavy (non-hydrogen) atoms. The lowest BCUT2D eigenvalue weighted by Gasteiger charge is -2.33. The van der Waals surface area contributed by atoms with Gasteiger partial charge < -0.3 is 9.64 Å². The molecule has 0 saturated carbocycles. The van der Waals surface area contributed by atoms with Crippen molar-refractivity contribution in [3.63, 3.8) is 0 Å². The first kappa shape index (κ1) is 11.5. The van der Waals surface area contributed by atoms with Crippen molar-refractivity contribution >= 4 is 17.0 Å². The van der Waals surface area contributed by atoms with Crippen LogP contribution in [0.4, 0.5) is 5.69 Å². The second-order valence-corrected chi connectivity index (χ2v) is 5.09. The molecular weight excluding hydrogens is 248 g/mol. The molecule has 0 spiro atoms. The molecule has 0 amide bonds. The molecule has 3 aliphatic heterocycles. The van der Waals surface area contributed by atoms with Crippen LogP contribution < -0.4 is 0 Å². The number of allylic oxidation sites excluding steroid dienone is 3. The van der Waals surface area contributed by atoms with Gasteiger partial charge in [-0.15, -0.1) is 0 Å². The van der Waals surface area contributed by atoms with Gasteiger partial charge in [-0.05, 0) is 25.1 Å². The van der Waals surface area contributed by atoms with E-state index in [1.54, 1.807) is 0 Å². The summed E-state index contributed by atoms with van der Waals surface area (Å²) in [6, 6.07) is 8.35. The molecule has 0 atom stereocenters. The summed E-state index contributed by atoms with van der Waals surface area (Å²) in [6.45, 7) is 4.49. The Morgan fingerprint density at radius 1 is 1.25 bits per heavy atom. The Bertz CT molecular complexity index is 695. The zero-order valence-corrected chi connectivity index (χ0v) is 11.5. The van der Waals surface area contributed by atoms with Crippen molar-refractivity contribution in [2.75, 3.05) is 19.7 Å². The number of para-hydroxylation sites is 1. The minimum absolute atomic E-state index is 0.719. The first-order valence-electron chi connectivity index (χ1n) is 7.04. The van der Waals surface area contributed by atoms with Crippen LogP contribution in [0.25, 0.3) is 5.57 Å². The van der Waals surface area contributed by atoms with E-state index < -0.39 is 0 Å². The van der Waals surface area contributed by atoms with Crippen molar-refractivity contribution in [1.82, 2.24) is 4.90 Å². The molecular formula is C17H16N2O. The van der Waals surface area contributed by atoms with E-state index in [2.05, 4.69) is 41.3 Å². The molecule has 100 valence electrons. The maximum atomic E-state index is 5.62. The summed E-state index contributed by atoms with van der Waals surface area (Å²) in [5.41, 5.74) is 5.92. The van der Waals surface area contributed by atoms with Crippen LogP contribution in [0.2, 0.25) is 0 Å². The monoisotopic (exact) mass is 264 g/mol. The summed E-state index contributed by atoms with van der Waals surface area (Å²) < 4.78 is 5.62. The van der Waals surface area contributed by atoms with E-state index in [9.17, 15) is 0 Å². The Hall–Kier alpha value is -2.29. The topological polar surface area (TPSA) is 24.8 Å². The predicted octanol–water partition coefficient (Wildman–Crippen LogP) is 3.29. The van der Waals surface area contributed by atoms with Crippen molar-refractivity contribution < 1.29 is 4.74 Å².